The van der Waals surface area contributed by atoms with Crippen LogP contribution in [-0.2, 0) is 9.47 Å². The maximum Gasteiger partial charge on any atom is 0.129 e. The summed E-state index contributed by atoms with van der Waals surface area (Å²) in [5, 5.41) is 1.24. The number of aromatic nitrogens is 1. The topological polar surface area (TPSA) is 34.6 Å². The summed E-state index contributed by atoms with van der Waals surface area (Å²) in [5.41, 5.74) is 2.50. The molecule has 1 aromatic heterocycles. The van der Waals surface area contributed by atoms with Crippen LogP contribution in [0.5, 0.6) is 0 Å². The lowest BCUT2D eigenvalue weighted by Crippen LogP contribution is -2.35. The molecule has 0 aliphatic carbocycles. The van der Waals surface area contributed by atoms with E-state index in [0.29, 0.717) is 5.92 Å². The van der Waals surface area contributed by atoms with Crippen LogP contribution in [0.4, 0.5) is 5.82 Å². The van der Waals surface area contributed by atoms with Crippen molar-refractivity contribution >= 4 is 16.7 Å². The molecule has 0 unspecified atom stereocenters. The number of anilines is 1. The molecule has 2 saturated heterocycles. The zero-order chi connectivity index (χ0) is 15.2. The molecule has 116 valence electrons. The van der Waals surface area contributed by atoms with Crippen LogP contribution in [0.1, 0.15) is 5.56 Å². The van der Waals surface area contributed by atoms with E-state index in [4.69, 9.17) is 14.5 Å². The number of rotatable bonds is 3. The highest BCUT2D eigenvalue weighted by atomic mass is 16.5. The minimum Gasteiger partial charge on any atom is -0.384 e. The first-order valence-electron chi connectivity index (χ1n) is 7.90. The van der Waals surface area contributed by atoms with Crippen molar-refractivity contribution in [3.05, 3.63) is 35.9 Å². The highest BCUT2D eigenvalue weighted by Gasteiger charge is 2.51. The molecule has 2 aliphatic heterocycles. The van der Waals surface area contributed by atoms with E-state index < -0.39 is 0 Å². The molecule has 2 aliphatic rings. The Morgan fingerprint density at radius 2 is 2.27 bits per heavy atom. The summed E-state index contributed by atoms with van der Waals surface area (Å²) in [6, 6.07) is 10.6. The van der Waals surface area contributed by atoms with Gasteiger partial charge in [-0.25, -0.2) is 4.98 Å². The van der Waals surface area contributed by atoms with E-state index >= 15 is 0 Å². The molecule has 4 rings (SSSR count). The summed E-state index contributed by atoms with van der Waals surface area (Å²) in [6.45, 7) is 6.55. The van der Waals surface area contributed by atoms with E-state index in [1.165, 1.54) is 10.9 Å². The standard InChI is InChI=1S/C18H22N2O2/c1-13-7-17(19-16-6-4-3-5-15(13)16)20-8-14-9-22-12-18(14,10-20)11-21-2/h3-7,14H,8-12H2,1-2H3/t14-,18-/m0/s1. The molecule has 0 amide bonds. The molecular weight excluding hydrogens is 276 g/mol. The van der Waals surface area contributed by atoms with Crippen molar-refractivity contribution in [2.75, 3.05) is 44.9 Å². The number of methoxy groups -OCH3 is 1. The Morgan fingerprint density at radius 3 is 3.14 bits per heavy atom. The van der Waals surface area contributed by atoms with Gasteiger partial charge in [-0.1, -0.05) is 18.2 Å². The Kier molecular flexibility index (Phi) is 3.31. The first kappa shape index (κ1) is 14.0. The number of para-hydroxylation sites is 1. The molecule has 0 bridgehead atoms. The SMILES string of the molecule is COC[C@@]12COC[C@@H]1CN(c1cc(C)c3ccccc3n1)C2. The zero-order valence-electron chi connectivity index (χ0n) is 13.2. The quantitative estimate of drug-likeness (QED) is 0.872. The predicted molar refractivity (Wildman–Crippen MR) is 87.3 cm³/mol. The van der Waals surface area contributed by atoms with Gasteiger partial charge in [-0.3, -0.25) is 0 Å². The number of ether oxygens (including phenoxy) is 2. The van der Waals surface area contributed by atoms with E-state index in [-0.39, 0.29) is 5.41 Å². The Morgan fingerprint density at radius 1 is 1.41 bits per heavy atom. The molecule has 1 aromatic carbocycles. The van der Waals surface area contributed by atoms with Crippen molar-refractivity contribution in [1.82, 2.24) is 4.98 Å². The number of fused-ring (bicyclic) bond motifs is 2. The summed E-state index contributed by atoms with van der Waals surface area (Å²) in [5.74, 6) is 1.63. The molecule has 2 aromatic rings. The molecule has 2 fully saturated rings. The Labute approximate surface area is 131 Å². The van der Waals surface area contributed by atoms with Crippen LogP contribution in [0.3, 0.4) is 0 Å². The molecule has 3 heterocycles. The maximum absolute atomic E-state index is 5.72. The van der Waals surface area contributed by atoms with Crippen molar-refractivity contribution in [2.45, 2.75) is 6.92 Å². The fourth-order valence-electron chi connectivity index (χ4n) is 3.99. The van der Waals surface area contributed by atoms with Gasteiger partial charge < -0.3 is 14.4 Å². The van der Waals surface area contributed by atoms with Crippen LogP contribution in [0.2, 0.25) is 0 Å². The first-order chi connectivity index (χ1) is 10.7. The smallest absolute Gasteiger partial charge is 0.129 e. The summed E-state index contributed by atoms with van der Waals surface area (Å²) in [7, 11) is 1.78. The lowest BCUT2D eigenvalue weighted by atomic mass is 9.82. The number of nitrogens with zero attached hydrogens (tertiary/aromatic N) is 2. The molecule has 2 atom stereocenters. The lowest BCUT2D eigenvalue weighted by Gasteiger charge is -2.26. The van der Waals surface area contributed by atoms with E-state index in [1.54, 1.807) is 7.11 Å². The Hall–Kier alpha value is -1.65. The van der Waals surface area contributed by atoms with Crippen molar-refractivity contribution in [3.8, 4) is 0 Å². The second-order valence-corrected chi connectivity index (χ2v) is 6.70. The number of hydrogen-bond acceptors (Lipinski definition) is 4. The van der Waals surface area contributed by atoms with Gasteiger partial charge in [-0.2, -0.15) is 0 Å². The monoisotopic (exact) mass is 298 g/mol. The van der Waals surface area contributed by atoms with E-state index in [9.17, 15) is 0 Å². The van der Waals surface area contributed by atoms with Crippen LogP contribution < -0.4 is 4.90 Å². The average Bonchev–Trinajstić information content (AvgIpc) is 3.04. The first-order valence-corrected chi connectivity index (χ1v) is 7.90. The molecule has 0 saturated carbocycles. The normalized spacial score (nSPS) is 27.5. The second kappa shape index (κ2) is 5.21. The van der Waals surface area contributed by atoms with Gasteiger partial charge in [-0.15, -0.1) is 0 Å². The Balaban J connectivity index is 1.69. The fourth-order valence-corrected chi connectivity index (χ4v) is 3.99. The predicted octanol–water partition coefficient (Wildman–Crippen LogP) is 2.64. The third-order valence-electron chi connectivity index (χ3n) is 5.19. The van der Waals surface area contributed by atoms with Gasteiger partial charge >= 0.3 is 0 Å². The summed E-state index contributed by atoms with van der Waals surface area (Å²) < 4.78 is 11.2. The maximum atomic E-state index is 5.72. The van der Waals surface area contributed by atoms with Gasteiger partial charge in [0.15, 0.2) is 0 Å². The third kappa shape index (κ3) is 2.09. The lowest BCUT2D eigenvalue weighted by molar-refractivity contribution is 0.0660. The number of pyridine rings is 1. The number of aryl methyl sites for hydroxylation is 1. The van der Waals surface area contributed by atoms with Crippen molar-refractivity contribution < 1.29 is 9.47 Å². The average molecular weight is 298 g/mol. The molecule has 4 heteroatoms. The number of benzene rings is 1. The second-order valence-electron chi connectivity index (χ2n) is 6.70. The largest absolute Gasteiger partial charge is 0.384 e. The highest BCUT2D eigenvalue weighted by molar-refractivity contribution is 5.83. The summed E-state index contributed by atoms with van der Waals surface area (Å²) in [4.78, 5) is 7.29. The van der Waals surface area contributed by atoms with Gasteiger partial charge in [0.25, 0.3) is 0 Å². The fraction of sp³-hybridized carbons (Fsp3) is 0.500. The van der Waals surface area contributed by atoms with Crippen molar-refractivity contribution in [2.24, 2.45) is 11.3 Å². The van der Waals surface area contributed by atoms with Crippen LogP contribution in [0.15, 0.2) is 30.3 Å². The highest BCUT2D eigenvalue weighted by Crippen LogP contribution is 2.43. The summed E-state index contributed by atoms with van der Waals surface area (Å²) in [6.07, 6.45) is 0. The molecule has 0 spiro atoms. The molecule has 0 N–H and O–H groups in total. The van der Waals surface area contributed by atoms with Gasteiger partial charge in [0.2, 0.25) is 0 Å². The van der Waals surface area contributed by atoms with Gasteiger partial charge in [0.05, 0.1) is 25.3 Å². The van der Waals surface area contributed by atoms with E-state index in [2.05, 4.69) is 42.2 Å². The van der Waals surface area contributed by atoms with Gasteiger partial charge in [0.1, 0.15) is 5.82 Å². The van der Waals surface area contributed by atoms with Gasteiger partial charge in [0, 0.05) is 36.9 Å². The molecule has 22 heavy (non-hydrogen) atoms. The molecule has 4 nitrogen and oxygen atoms in total. The van der Waals surface area contributed by atoms with Crippen molar-refractivity contribution in [3.63, 3.8) is 0 Å². The van der Waals surface area contributed by atoms with Crippen LogP contribution in [0.25, 0.3) is 10.9 Å². The molecule has 0 radical (unpaired) electrons. The van der Waals surface area contributed by atoms with E-state index in [1.807, 2.05) is 0 Å². The number of hydrogen-bond donors (Lipinski definition) is 0. The third-order valence-corrected chi connectivity index (χ3v) is 5.19. The van der Waals surface area contributed by atoms with Gasteiger partial charge in [-0.05, 0) is 24.6 Å². The zero-order valence-corrected chi connectivity index (χ0v) is 13.2. The van der Waals surface area contributed by atoms with Crippen LogP contribution in [-0.4, -0.2) is 45.0 Å². The van der Waals surface area contributed by atoms with Crippen molar-refractivity contribution in [1.29, 1.82) is 0 Å². The minimum absolute atomic E-state index is 0.135. The van der Waals surface area contributed by atoms with Crippen LogP contribution >= 0.6 is 0 Å². The Bertz CT molecular complexity index is 703. The van der Waals surface area contributed by atoms with E-state index in [0.717, 1.165) is 44.2 Å². The minimum atomic E-state index is 0.135. The molecular formula is C18H22N2O2. The van der Waals surface area contributed by atoms with Crippen LogP contribution in [0, 0.1) is 18.3 Å². The summed E-state index contributed by atoms with van der Waals surface area (Å²) >= 11 is 0.